The fourth-order valence-corrected chi connectivity index (χ4v) is 1.48. The molecule has 0 saturated heterocycles. The molecule has 5 nitrogen and oxygen atoms in total. The van der Waals surface area contributed by atoms with Crippen LogP contribution in [0.15, 0.2) is 16.7 Å². The van der Waals surface area contributed by atoms with Crippen molar-refractivity contribution in [2.24, 2.45) is 0 Å². The lowest BCUT2D eigenvalue weighted by Crippen LogP contribution is -2.11. The lowest BCUT2D eigenvalue weighted by molar-refractivity contribution is 0.102. The molecule has 16 heavy (non-hydrogen) atoms. The van der Waals surface area contributed by atoms with E-state index in [9.17, 15) is 4.79 Å². The van der Waals surface area contributed by atoms with Gasteiger partial charge in [-0.05, 0) is 26.8 Å². The first-order chi connectivity index (χ1) is 7.58. The van der Waals surface area contributed by atoms with Gasteiger partial charge in [-0.2, -0.15) is 5.10 Å². The van der Waals surface area contributed by atoms with E-state index >= 15 is 0 Å². The molecule has 2 rings (SSSR count). The average Bonchev–Trinajstić information content (AvgIpc) is 2.79. The van der Waals surface area contributed by atoms with Crippen molar-refractivity contribution in [1.82, 2.24) is 10.2 Å². The fraction of sp³-hybridized carbons (Fsp3) is 0.273. The monoisotopic (exact) mass is 219 g/mol. The number of nitrogens with zero attached hydrogens (tertiary/aromatic N) is 1. The third-order valence-corrected chi connectivity index (χ3v) is 2.36. The zero-order chi connectivity index (χ0) is 11.7. The first-order valence-corrected chi connectivity index (χ1v) is 4.96. The molecule has 2 N–H and O–H groups in total. The number of carbonyl (C=O) groups excluding carboxylic acids is 1. The van der Waals surface area contributed by atoms with Gasteiger partial charge in [0.05, 0.1) is 22.6 Å². The summed E-state index contributed by atoms with van der Waals surface area (Å²) < 4.78 is 5.08. The predicted octanol–water partition coefficient (Wildman–Crippen LogP) is 2.18. The van der Waals surface area contributed by atoms with Crippen LogP contribution in [0.3, 0.4) is 0 Å². The van der Waals surface area contributed by atoms with Gasteiger partial charge in [0.25, 0.3) is 5.91 Å². The highest BCUT2D eigenvalue weighted by Gasteiger charge is 2.13. The quantitative estimate of drug-likeness (QED) is 0.813. The molecule has 2 aromatic rings. The highest BCUT2D eigenvalue weighted by Crippen LogP contribution is 2.17. The highest BCUT2D eigenvalue weighted by molar-refractivity contribution is 6.04. The SMILES string of the molecule is Cc1cc(C(=O)Nc2c(C)n[nH]c2C)co1. The Morgan fingerprint density at radius 3 is 2.69 bits per heavy atom. The Morgan fingerprint density at radius 2 is 2.19 bits per heavy atom. The van der Waals surface area contributed by atoms with Crippen LogP contribution in [0, 0.1) is 20.8 Å². The van der Waals surface area contributed by atoms with Crippen LogP contribution in [0.4, 0.5) is 5.69 Å². The van der Waals surface area contributed by atoms with Crippen molar-refractivity contribution in [3.8, 4) is 0 Å². The molecule has 0 aliphatic carbocycles. The molecule has 0 aliphatic rings. The first-order valence-electron chi connectivity index (χ1n) is 4.96. The molecule has 0 saturated carbocycles. The maximum Gasteiger partial charge on any atom is 0.259 e. The first kappa shape index (κ1) is 10.5. The number of amides is 1. The van der Waals surface area contributed by atoms with Crippen LogP contribution in [0.25, 0.3) is 0 Å². The molecule has 84 valence electrons. The van der Waals surface area contributed by atoms with Gasteiger partial charge < -0.3 is 9.73 Å². The summed E-state index contributed by atoms with van der Waals surface area (Å²) in [4.78, 5) is 11.8. The van der Waals surface area contributed by atoms with Gasteiger partial charge in [0, 0.05) is 0 Å². The largest absolute Gasteiger partial charge is 0.469 e. The second-order valence-electron chi connectivity index (χ2n) is 3.71. The number of carbonyl (C=O) groups is 1. The van der Waals surface area contributed by atoms with Gasteiger partial charge in [0.15, 0.2) is 0 Å². The van der Waals surface area contributed by atoms with Crippen LogP contribution in [-0.2, 0) is 0 Å². The molecule has 0 aromatic carbocycles. The third-order valence-electron chi connectivity index (χ3n) is 2.36. The van der Waals surface area contributed by atoms with E-state index in [1.54, 1.807) is 13.0 Å². The van der Waals surface area contributed by atoms with Gasteiger partial charge >= 0.3 is 0 Å². The number of H-pyrrole nitrogens is 1. The molecule has 0 radical (unpaired) electrons. The van der Waals surface area contributed by atoms with Gasteiger partial charge in [0.2, 0.25) is 0 Å². The highest BCUT2D eigenvalue weighted by atomic mass is 16.3. The van der Waals surface area contributed by atoms with Crippen molar-refractivity contribution < 1.29 is 9.21 Å². The van der Waals surface area contributed by atoms with Gasteiger partial charge in [0.1, 0.15) is 12.0 Å². The second-order valence-corrected chi connectivity index (χ2v) is 3.71. The number of aromatic nitrogens is 2. The number of rotatable bonds is 2. The molecule has 0 fully saturated rings. The predicted molar refractivity (Wildman–Crippen MR) is 59.5 cm³/mol. The maximum absolute atomic E-state index is 11.8. The van der Waals surface area contributed by atoms with Gasteiger partial charge in [-0.15, -0.1) is 0 Å². The Bertz CT molecular complexity index is 506. The van der Waals surface area contributed by atoms with Crippen LogP contribution in [0.1, 0.15) is 27.5 Å². The Kier molecular flexibility index (Phi) is 2.52. The Morgan fingerprint density at radius 1 is 1.44 bits per heavy atom. The normalized spacial score (nSPS) is 10.4. The average molecular weight is 219 g/mol. The smallest absolute Gasteiger partial charge is 0.259 e. The second kappa shape index (κ2) is 3.84. The van der Waals surface area contributed by atoms with Crippen LogP contribution in [0.2, 0.25) is 0 Å². The molecule has 2 aromatic heterocycles. The van der Waals surface area contributed by atoms with E-state index in [0.717, 1.165) is 17.1 Å². The minimum Gasteiger partial charge on any atom is -0.469 e. The molecule has 0 aliphatic heterocycles. The molecule has 0 bridgehead atoms. The van der Waals surface area contributed by atoms with Crippen molar-refractivity contribution >= 4 is 11.6 Å². The number of anilines is 1. The number of hydrogen-bond donors (Lipinski definition) is 2. The minimum absolute atomic E-state index is 0.190. The topological polar surface area (TPSA) is 70.9 Å². The fourth-order valence-electron chi connectivity index (χ4n) is 1.48. The Hall–Kier alpha value is -2.04. The summed E-state index contributed by atoms with van der Waals surface area (Å²) in [7, 11) is 0. The lowest BCUT2D eigenvalue weighted by Gasteiger charge is -2.02. The standard InChI is InChI=1S/C11H13N3O2/c1-6-4-9(5-16-6)11(15)12-10-7(2)13-14-8(10)3/h4-5H,1-3H3,(H,12,15)(H,13,14). The number of nitrogens with one attached hydrogen (secondary N) is 2. The summed E-state index contributed by atoms with van der Waals surface area (Å²) in [5.41, 5.74) is 2.85. The summed E-state index contributed by atoms with van der Waals surface area (Å²) in [6.45, 7) is 5.49. The van der Waals surface area contributed by atoms with Crippen LogP contribution < -0.4 is 5.32 Å². The van der Waals surface area contributed by atoms with Crippen LogP contribution in [-0.4, -0.2) is 16.1 Å². The summed E-state index contributed by atoms with van der Waals surface area (Å²) in [5, 5.41) is 9.61. The van der Waals surface area contributed by atoms with Crippen molar-refractivity contribution in [1.29, 1.82) is 0 Å². The molecule has 0 atom stereocenters. The van der Waals surface area contributed by atoms with Gasteiger partial charge in [-0.25, -0.2) is 0 Å². The third kappa shape index (κ3) is 1.84. The molecule has 0 unspecified atom stereocenters. The van der Waals surface area contributed by atoms with E-state index in [4.69, 9.17) is 4.42 Å². The summed E-state index contributed by atoms with van der Waals surface area (Å²) in [6.07, 6.45) is 1.44. The van der Waals surface area contributed by atoms with Crippen molar-refractivity contribution in [2.45, 2.75) is 20.8 Å². The number of hydrogen-bond acceptors (Lipinski definition) is 3. The number of aromatic amines is 1. The molecule has 1 amide bonds. The molecule has 0 spiro atoms. The van der Waals surface area contributed by atoms with E-state index in [0.29, 0.717) is 11.3 Å². The lowest BCUT2D eigenvalue weighted by atomic mass is 10.2. The van der Waals surface area contributed by atoms with Crippen molar-refractivity contribution in [2.75, 3.05) is 5.32 Å². The number of furan rings is 1. The zero-order valence-electron chi connectivity index (χ0n) is 9.42. The minimum atomic E-state index is -0.190. The van der Waals surface area contributed by atoms with Crippen molar-refractivity contribution in [3.63, 3.8) is 0 Å². The van der Waals surface area contributed by atoms with E-state index in [1.165, 1.54) is 6.26 Å². The number of aryl methyl sites for hydroxylation is 3. The molecule has 5 heteroatoms. The van der Waals surface area contributed by atoms with Crippen molar-refractivity contribution in [3.05, 3.63) is 35.0 Å². The van der Waals surface area contributed by atoms with Crippen LogP contribution in [0.5, 0.6) is 0 Å². The van der Waals surface area contributed by atoms with Crippen LogP contribution >= 0.6 is 0 Å². The van der Waals surface area contributed by atoms with E-state index < -0.39 is 0 Å². The summed E-state index contributed by atoms with van der Waals surface area (Å²) in [5.74, 6) is 0.523. The zero-order valence-corrected chi connectivity index (χ0v) is 9.42. The molecule has 2 heterocycles. The Balaban J connectivity index is 2.20. The summed E-state index contributed by atoms with van der Waals surface area (Å²) >= 11 is 0. The van der Waals surface area contributed by atoms with Gasteiger partial charge in [-0.1, -0.05) is 0 Å². The van der Waals surface area contributed by atoms with E-state index in [1.807, 2.05) is 13.8 Å². The molecular formula is C11H13N3O2. The molecular weight excluding hydrogens is 206 g/mol. The summed E-state index contributed by atoms with van der Waals surface area (Å²) in [6, 6.07) is 1.69. The van der Waals surface area contributed by atoms with E-state index in [2.05, 4.69) is 15.5 Å². The maximum atomic E-state index is 11.8. The Labute approximate surface area is 92.9 Å². The van der Waals surface area contributed by atoms with Gasteiger partial charge in [-0.3, -0.25) is 9.89 Å². The van der Waals surface area contributed by atoms with E-state index in [-0.39, 0.29) is 5.91 Å².